The topological polar surface area (TPSA) is 94.3 Å². The number of benzene rings is 3. The zero-order chi connectivity index (χ0) is 31.9. The summed E-state index contributed by atoms with van der Waals surface area (Å²) in [5, 5.41) is 20.1. The summed E-state index contributed by atoms with van der Waals surface area (Å²) in [7, 11) is -4.10. The number of halogens is 3. The average Bonchev–Trinajstić information content (AvgIpc) is 3.61. The fraction of sp³-hybridized carbons (Fsp3) is 0.353. The summed E-state index contributed by atoms with van der Waals surface area (Å²) in [5.74, 6) is 0.179. The molecule has 2 bridgehead atoms. The zero-order valence-electron chi connectivity index (χ0n) is 24.8. The van der Waals surface area contributed by atoms with Gasteiger partial charge in [-0.2, -0.15) is 21.6 Å². The summed E-state index contributed by atoms with van der Waals surface area (Å²) < 4.78 is 73.2. The lowest BCUT2D eigenvalue weighted by molar-refractivity contribution is -0.137. The summed E-state index contributed by atoms with van der Waals surface area (Å²) in [6.45, 7) is 8.37. The minimum Gasteiger partial charge on any atom is -0.386 e. The maximum atomic E-state index is 13.3. The quantitative estimate of drug-likeness (QED) is 0.180. The predicted molar refractivity (Wildman–Crippen MR) is 161 cm³/mol. The number of rotatable bonds is 6. The molecule has 0 aliphatic heterocycles. The first-order valence-electron chi connectivity index (χ1n) is 14.8. The van der Waals surface area contributed by atoms with Crippen LogP contribution in [0.3, 0.4) is 0 Å². The number of aryl methyl sites for hydroxylation is 1. The largest absolute Gasteiger partial charge is 0.416 e. The molecule has 1 N–H and O–H groups in total. The van der Waals surface area contributed by atoms with E-state index in [1.54, 1.807) is 29.1 Å². The van der Waals surface area contributed by atoms with Gasteiger partial charge in [0.2, 0.25) is 0 Å². The van der Waals surface area contributed by atoms with Gasteiger partial charge in [-0.1, -0.05) is 47.7 Å². The molecular formula is C34H32F3N3O4S. The highest BCUT2D eigenvalue weighted by Gasteiger charge is 2.64. The SMILES string of the molecule is C=C1C[C@]23C[C@@]1(O)CC[C@H]2c1ccc(OS(=O)(=O)c2ccc(C)cc2)c(C)c1[C@@H]3Cn1cc(-c2ccc(C(F)(F)F)cc2)nn1. The Labute approximate surface area is 259 Å². The monoisotopic (exact) mass is 635 g/mol. The molecule has 11 heteroatoms. The lowest BCUT2D eigenvalue weighted by Crippen LogP contribution is -2.39. The molecule has 2 saturated carbocycles. The third-order valence-corrected chi connectivity index (χ3v) is 11.5. The third-order valence-electron chi connectivity index (χ3n) is 10.2. The van der Waals surface area contributed by atoms with Crippen molar-refractivity contribution in [1.29, 1.82) is 0 Å². The average molecular weight is 636 g/mol. The maximum absolute atomic E-state index is 13.3. The van der Waals surface area contributed by atoms with Crippen molar-refractivity contribution in [2.24, 2.45) is 5.41 Å². The third kappa shape index (κ3) is 4.78. The summed E-state index contributed by atoms with van der Waals surface area (Å²) >= 11 is 0. The molecule has 234 valence electrons. The van der Waals surface area contributed by atoms with Crippen LogP contribution in [0, 0.1) is 19.3 Å². The van der Waals surface area contributed by atoms with E-state index < -0.39 is 27.5 Å². The second-order valence-corrected chi connectivity index (χ2v) is 14.4. The number of fused-ring (bicyclic) bond motifs is 3. The Kier molecular flexibility index (Phi) is 6.62. The summed E-state index contributed by atoms with van der Waals surface area (Å²) in [6, 6.07) is 15.0. The summed E-state index contributed by atoms with van der Waals surface area (Å²) in [4.78, 5) is 0.0624. The molecule has 1 aromatic heterocycles. The molecule has 4 aromatic rings. The molecule has 3 aliphatic carbocycles. The van der Waals surface area contributed by atoms with Crippen molar-refractivity contribution in [3.8, 4) is 17.0 Å². The minimum absolute atomic E-state index is 0.0624. The first-order valence-corrected chi connectivity index (χ1v) is 16.2. The van der Waals surface area contributed by atoms with Crippen LogP contribution in [0.15, 0.2) is 83.9 Å². The van der Waals surface area contributed by atoms with Crippen molar-refractivity contribution in [3.63, 3.8) is 0 Å². The number of alkyl halides is 3. The Morgan fingerprint density at radius 3 is 2.47 bits per heavy atom. The Balaban J connectivity index is 1.27. The van der Waals surface area contributed by atoms with E-state index in [9.17, 15) is 26.7 Å². The molecule has 4 atom stereocenters. The number of hydrogen-bond donors (Lipinski definition) is 1. The van der Waals surface area contributed by atoms with Gasteiger partial charge in [0.05, 0.1) is 23.9 Å². The van der Waals surface area contributed by atoms with Gasteiger partial charge >= 0.3 is 16.3 Å². The van der Waals surface area contributed by atoms with E-state index in [2.05, 4.69) is 16.9 Å². The van der Waals surface area contributed by atoms with E-state index in [-0.39, 0.29) is 27.9 Å². The molecule has 7 rings (SSSR count). The highest BCUT2D eigenvalue weighted by molar-refractivity contribution is 7.87. The minimum atomic E-state index is -4.44. The molecule has 0 saturated heterocycles. The van der Waals surface area contributed by atoms with Crippen LogP contribution in [-0.4, -0.2) is 34.1 Å². The van der Waals surface area contributed by atoms with Gasteiger partial charge in [0.15, 0.2) is 0 Å². The first-order chi connectivity index (χ1) is 21.2. The second kappa shape index (κ2) is 10.0. The standard InChI is InChI=1S/C34H32F3N3O4S/c1-20-4-10-25(11-5-20)45(42,43)44-30-13-12-26-27-14-15-33(41)19-32(27,16-21(33)2)28(31(26)22(30)3)17-40-18-29(38-39-40)23-6-8-24(9-7-23)34(35,36)37/h4-13,18,27-28,41H,2,14-17,19H2,1,3H3/t27-,28-,32-,33-/m0/s1. The van der Waals surface area contributed by atoms with Gasteiger partial charge in [0, 0.05) is 11.5 Å². The Morgan fingerprint density at radius 1 is 1.07 bits per heavy atom. The van der Waals surface area contributed by atoms with Crippen molar-refractivity contribution >= 4 is 10.1 Å². The molecule has 3 aliphatic rings. The number of nitrogens with zero attached hydrogens (tertiary/aromatic N) is 3. The van der Waals surface area contributed by atoms with Crippen LogP contribution < -0.4 is 4.18 Å². The van der Waals surface area contributed by atoms with Crippen molar-refractivity contribution in [1.82, 2.24) is 15.0 Å². The van der Waals surface area contributed by atoms with Gasteiger partial charge < -0.3 is 9.29 Å². The van der Waals surface area contributed by atoms with E-state index >= 15 is 0 Å². The fourth-order valence-corrected chi connectivity index (χ4v) is 8.97. The zero-order valence-corrected chi connectivity index (χ0v) is 25.6. The number of hydrogen-bond acceptors (Lipinski definition) is 6. The van der Waals surface area contributed by atoms with Gasteiger partial charge in [0.25, 0.3) is 0 Å². The highest BCUT2D eigenvalue weighted by atomic mass is 32.2. The van der Waals surface area contributed by atoms with Gasteiger partial charge in [-0.05, 0) is 103 Å². The van der Waals surface area contributed by atoms with E-state index in [0.717, 1.165) is 40.8 Å². The Morgan fingerprint density at radius 2 is 1.78 bits per heavy atom. The first kappa shape index (κ1) is 29.7. The van der Waals surface area contributed by atoms with Gasteiger partial charge in [-0.15, -0.1) is 5.10 Å². The number of aromatic nitrogens is 3. The molecule has 2 fully saturated rings. The van der Waals surface area contributed by atoms with Crippen LogP contribution in [0.1, 0.15) is 65.3 Å². The molecule has 0 radical (unpaired) electrons. The molecule has 1 spiro atoms. The second-order valence-electron chi connectivity index (χ2n) is 12.8. The van der Waals surface area contributed by atoms with Crippen LogP contribution in [0.25, 0.3) is 11.3 Å². The van der Waals surface area contributed by atoms with Crippen LogP contribution in [0.5, 0.6) is 5.75 Å². The lowest BCUT2D eigenvalue weighted by Gasteiger charge is -2.42. The number of aliphatic hydroxyl groups is 1. The van der Waals surface area contributed by atoms with Crippen molar-refractivity contribution in [2.45, 2.75) is 74.6 Å². The van der Waals surface area contributed by atoms with E-state index in [1.807, 2.05) is 19.9 Å². The highest BCUT2D eigenvalue weighted by Crippen LogP contribution is 2.72. The van der Waals surface area contributed by atoms with Gasteiger partial charge in [-0.3, -0.25) is 4.68 Å². The van der Waals surface area contributed by atoms with E-state index in [0.29, 0.717) is 42.6 Å². The van der Waals surface area contributed by atoms with Crippen molar-refractivity contribution in [3.05, 3.63) is 107 Å². The van der Waals surface area contributed by atoms with Gasteiger partial charge in [0.1, 0.15) is 16.3 Å². The smallest absolute Gasteiger partial charge is 0.386 e. The van der Waals surface area contributed by atoms with E-state index in [1.165, 1.54) is 24.3 Å². The molecule has 1 heterocycles. The molecule has 0 unspecified atom stereocenters. The Bertz CT molecular complexity index is 1940. The fourth-order valence-electron chi connectivity index (χ4n) is 7.99. The van der Waals surface area contributed by atoms with Crippen LogP contribution in [-0.2, 0) is 22.8 Å². The lowest BCUT2D eigenvalue weighted by atomic mass is 9.63. The van der Waals surface area contributed by atoms with Crippen LogP contribution >= 0.6 is 0 Å². The van der Waals surface area contributed by atoms with Crippen molar-refractivity contribution in [2.75, 3.05) is 0 Å². The maximum Gasteiger partial charge on any atom is 0.416 e. The van der Waals surface area contributed by atoms with Crippen LogP contribution in [0.2, 0.25) is 0 Å². The Hall–Kier alpha value is -3.96. The van der Waals surface area contributed by atoms with Crippen molar-refractivity contribution < 1.29 is 30.9 Å². The van der Waals surface area contributed by atoms with Gasteiger partial charge in [-0.25, -0.2) is 0 Å². The summed E-state index contributed by atoms with van der Waals surface area (Å²) in [5.41, 5.74) is 3.40. The van der Waals surface area contributed by atoms with Crippen LogP contribution in [0.4, 0.5) is 13.2 Å². The normalized spacial score (nSPS) is 25.7. The molecule has 45 heavy (non-hydrogen) atoms. The summed E-state index contributed by atoms with van der Waals surface area (Å²) in [6.07, 6.45) is -0.219. The van der Waals surface area contributed by atoms with E-state index in [4.69, 9.17) is 4.18 Å². The molecule has 0 amide bonds. The molecular weight excluding hydrogens is 603 g/mol. The molecule has 7 nitrogen and oxygen atoms in total. The predicted octanol–water partition coefficient (Wildman–Crippen LogP) is 7.09. The molecule has 3 aromatic carbocycles.